The fourth-order valence-electron chi connectivity index (χ4n) is 4.41. The molecule has 2 amide bonds. The van der Waals surface area contributed by atoms with E-state index in [1.54, 1.807) is 42.5 Å². The summed E-state index contributed by atoms with van der Waals surface area (Å²) in [6, 6.07) is 23.6. The zero-order chi connectivity index (χ0) is 22.2. The molecule has 2 fully saturated rings. The van der Waals surface area contributed by atoms with Crippen molar-refractivity contribution in [3.63, 3.8) is 0 Å². The number of para-hydroxylation sites is 2. The van der Waals surface area contributed by atoms with Gasteiger partial charge in [-0.1, -0.05) is 60.7 Å². The molecule has 8 heteroatoms. The first-order valence-corrected chi connectivity index (χ1v) is 10.2. The normalized spacial score (nSPS) is 22.3. The summed E-state index contributed by atoms with van der Waals surface area (Å²) in [5.74, 6) is -1.73. The van der Waals surface area contributed by atoms with Gasteiger partial charge in [0, 0.05) is 6.07 Å². The van der Waals surface area contributed by atoms with E-state index >= 15 is 0 Å². The zero-order valence-electron chi connectivity index (χ0n) is 16.9. The van der Waals surface area contributed by atoms with Gasteiger partial charge < -0.3 is 0 Å². The number of fused-ring (bicyclic) bond motifs is 1. The summed E-state index contributed by atoms with van der Waals surface area (Å²) in [5, 5.41) is 13.2. The van der Waals surface area contributed by atoms with Crippen LogP contribution in [0.25, 0.3) is 0 Å². The fourth-order valence-corrected chi connectivity index (χ4v) is 4.41. The fraction of sp³-hybridized carbons (Fsp3) is 0.167. The van der Waals surface area contributed by atoms with Gasteiger partial charge in [-0.15, -0.1) is 0 Å². The maximum Gasteiger partial charge on any atom is 0.274 e. The van der Waals surface area contributed by atoms with Crippen LogP contribution < -0.4 is 5.06 Å². The van der Waals surface area contributed by atoms with Crippen LogP contribution in [0.5, 0.6) is 0 Å². The molecule has 0 unspecified atom stereocenters. The molecule has 32 heavy (non-hydrogen) atoms. The predicted molar refractivity (Wildman–Crippen MR) is 115 cm³/mol. The molecule has 3 atom stereocenters. The van der Waals surface area contributed by atoms with Crippen molar-refractivity contribution in [2.45, 2.75) is 18.7 Å². The average Bonchev–Trinajstić information content (AvgIpc) is 3.32. The number of nitro benzene ring substituents is 1. The first kappa shape index (κ1) is 19.9. The molecule has 5 rings (SSSR count). The Morgan fingerprint density at radius 2 is 1.47 bits per heavy atom. The van der Waals surface area contributed by atoms with Gasteiger partial charge in [-0.2, -0.15) is 0 Å². The average molecular weight is 429 g/mol. The third-order valence-electron chi connectivity index (χ3n) is 5.85. The summed E-state index contributed by atoms with van der Waals surface area (Å²) in [4.78, 5) is 45.1. The van der Waals surface area contributed by atoms with E-state index in [9.17, 15) is 19.7 Å². The number of benzene rings is 3. The topological polar surface area (TPSA) is 93.0 Å². The van der Waals surface area contributed by atoms with E-state index in [0.717, 1.165) is 5.56 Å². The second kappa shape index (κ2) is 7.90. The van der Waals surface area contributed by atoms with Crippen molar-refractivity contribution in [1.29, 1.82) is 0 Å². The first-order chi connectivity index (χ1) is 15.6. The molecule has 2 aliphatic rings. The smallest absolute Gasteiger partial charge is 0.274 e. The zero-order valence-corrected chi connectivity index (χ0v) is 16.9. The van der Waals surface area contributed by atoms with Crippen molar-refractivity contribution in [2.75, 3.05) is 5.06 Å². The lowest BCUT2D eigenvalue weighted by atomic mass is 9.89. The molecule has 160 valence electrons. The van der Waals surface area contributed by atoms with Gasteiger partial charge in [-0.05, 0) is 23.8 Å². The number of likely N-dealkylation sites (tertiary alicyclic amines) is 1. The summed E-state index contributed by atoms with van der Waals surface area (Å²) >= 11 is 0. The number of hydrogen-bond donors (Lipinski definition) is 0. The number of nitro groups is 1. The summed E-state index contributed by atoms with van der Waals surface area (Å²) in [5.41, 5.74) is 1.64. The second-order valence-corrected chi connectivity index (χ2v) is 7.72. The highest BCUT2D eigenvalue weighted by molar-refractivity contribution is 6.07. The Balaban J connectivity index is 1.58. The molecule has 8 nitrogen and oxygen atoms in total. The summed E-state index contributed by atoms with van der Waals surface area (Å²) < 4.78 is 0. The number of carbonyl (C=O) groups excluding carboxylic acids is 2. The molecule has 2 saturated heterocycles. The molecule has 2 aliphatic heterocycles. The van der Waals surface area contributed by atoms with E-state index in [0.29, 0.717) is 11.3 Å². The van der Waals surface area contributed by atoms with Gasteiger partial charge in [0.2, 0.25) is 5.91 Å². The molecule has 3 aromatic rings. The Bertz CT molecular complexity index is 1180. The monoisotopic (exact) mass is 429 g/mol. The quantitative estimate of drug-likeness (QED) is 0.349. The third-order valence-corrected chi connectivity index (χ3v) is 5.85. The number of nitrogens with zero attached hydrogens (tertiary/aromatic N) is 3. The predicted octanol–water partition coefficient (Wildman–Crippen LogP) is 3.64. The molecule has 0 aliphatic carbocycles. The van der Waals surface area contributed by atoms with Crippen molar-refractivity contribution in [3.8, 4) is 0 Å². The molecule has 0 radical (unpaired) electrons. The molecule has 0 spiro atoms. The van der Waals surface area contributed by atoms with Crippen LogP contribution in [0.2, 0.25) is 0 Å². The van der Waals surface area contributed by atoms with Crippen LogP contribution in [0.15, 0.2) is 84.9 Å². The Morgan fingerprint density at radius 3 is 2.16 bits per heavy atom. The lowest BCUT2D eigenvalue weighted by Crippen LogP contribution is -2.37. The number of hydroxylamine groups is 1. The van der Waals surface area contributed by atoms with Gasteiger partial charge in [0.25, 0.3) is 11.6 Å². The Hall–Kier alpha value is -4.04. The SMILES string of the molecule is O=C1[C@@H]2[C@H](ON(c3ccccc3)[C@@H]2c2ccccc2[N+](=O)[O-])C(=O)N1Cc1ccccc1. The van der Waals surface area contributed by atoms with Crippen LogP contribution in [-0.2, 0) is 21.0 Å². The molecular weight excluding hydrogens is 410 g/mol. The number of carbonyl (C=O) groups is 2. The maximum absolute atomic E-state index is 13.5. The van der Waals surface area contributed by atoms with E-state index in [2.05, 4.69) is 0 Å². The molecule has 0 saturated carbocycles. The van der Waals surface area contributed by atoms with Crippen LogP contribution in [-0.4, -0.2) is 27.7 Å². The molecule has 0 aromatic heterocycles. The van der Waals surface area contributed by atoms with Gasteiger partial charge in [0.1, 0.15) is 12.0 Å². The van der Waals surface area contributed by atoms with Gasteiger partial charge >= 0.3 is 0 Å². The van der Waals surface area contributed by atoms with Gasteiger partial charge in [0.05, 0.1) is 22.7 Å². The third kappa shape index (κ3) is 3.21. The Labute approximate surface area is 183 Å². The van der Waals surface area contributed by atoms with Crippen LogP contribution in [0.4, 0.5) is 11.4 Å². The highest BCUT2D eigenvalue weighted by atomic mass is 16.7. The standard InChI is InChI=1S/C24H19N3O5/c28-23-20-21(18-13-7-8-14-19(18)27(30)31)26(17-11-5-2-6-12-17)32-22(20)24(29)25(23)15-16-9-3-1-4-10-16/h1-14,20-22H,15H2/t20-,21+,22-/m0/s1. The number of amides is 2. The van der Waals surface area contributed by atoms with Crippen molar-refractivity contribution in [3.05, 3.63) is 106 Å². The number of rotatable bonds is 5. The highest BCUT2D eigenvalue weighted by Crippen LogP contribution is 2.48. The second-order valence-electron chi connectivity index (χ2n) is 7.72. The lowest BCUT2D eigenvalue weighted by molar-refractivity contribution is -0.385. The summed E-state index contributed by atoms with van der Waals surface area (Å²) in [6.07, 6.45) is -1.05. The molecule has 2 heterocycles. The van der Waals surface area contributed by atoms with Crippen molar-refractivity contribution < 1.29 is 19.3 Å². The number of anilines is 1. The molecule has 3 aromatic carbocycles. The van der Waals surface area contributed by atoms with Crippen molar-refractivity contribution in [2.24, 2.45) is 5.92 Å². The maximum atomic E-state index is 13.5. The molecular formula is C24H19N3O5. The number of hydrogen-bond acceptors (Lipinski definition) is 6. The van der Waals surface area contributed by atoms with Gasteiger partial charge in [-0.3, -0.25) is 29.4 Å². The summed E-state index contributed by atoms with van der Waals surface area (Å²) in [7, 11) is 0. The van der Waals surface area contributed by atoms with Crippen LogP contribution in [0.3, 0.4) is 0 Å². The van der Waals surface area contributed by atoms with Crippen molar-refractivity contribution >= 4 is 23.2 Å². The van der Waals surface area contributed by atoms with Gasteiger partial charge in [0.15, 0.2) is 6.10 Å². The van der Waals surface area contributed by atoms with E-state index in [-0.39, 0.29) is 12.2 Å². The Morgan fingerprint density at radius 1 is 0.844 bits per heavy atom. The van der Waals surface area contributed by atoms with Crippen molar-refractivity contribution in [1.82, 2.24) is 4.90 Å². The van der Waals surface area contributed by atoms with Gasteiger partial charge in [-0.25, -0.2) is 5.06 Å². The molecule has 0 bridgehead atoms. The lowest BCUT2D eigenvalue weighted by Gasteiger charge is -2.28. The van der Waals surface area contributed by atoms with Crippen LogP contribution in [0.1, 0.15) is 17.2 Å². The minimum absolute atomic E-state index is 0.121. The first-order valence-electron chi connectivity index (χ1n) is 10.2. The van der Waals surface area contributed by atoms with E-state index in [4.69, 9.17) is 4.84 Å². The van der Waals surface area contributed by atoms with E-state index in [1.165, 1.54) is 16.0 Å². The Kier molecular flexibility index (Phi) is 4.91. The number of imide groups is 1. The largest absolute Gasteiger partial charge is 0.275 e. The minimum atomic E-state index is -1.05. The van der Waals surface area contributed by atoms with Crippen LogP contribution >= 0.6 is 0 Å². The summed E-state index contributed by atoms with van der Waals surface area (Å²) in [6.45, 7) is 0.129. The highest BCUT2D eigenvalue weighted by Gasteiger charge is 2.60. The van der Waals surface area contributed by atoms with E-state index < -0.39 is 34.8 Å². The molecule has 0 N–H and O–H groups in total. The minimum Gasteiger partial charge on any atom is -0.275 e. The van der Waals surface area contributed by atoms with Crippen LogP contribution in [0, 0.1) is 16.0 Å². The van der Waals surface area contributed by atoms with E-state index in [1.807, 2.05) is 36.4 Å².